The first-order valence-corrected chi connectivity index (χ1v) is 5.18. The zero-order chi connectivity index (χ0) is 9.59. The summed E-state index contributed by atoms with van der Waals surface area (Å²) in [5.74, 6) is 0. The first-order chi connectivity index (χ1) is 6.11. The average Bonchev–Trinajstić information content (AvgIpc) is 2.32. The highest BCUT2D eigenvalue weighted by Crippen LogP contribution is 2.30. The third-order valence-electron chi connectivity index (χ3n) is 2.33. The summed E-state index contributed by atoms with van der Waals surface area (Å²) in [6.45, 7) is 2.10. The van der Waals surface area contributed by atoms with Gasteiger partial charge < -0.3 is 4.57 Å². The molecule has 68 valence electrons. The van der Waals surface area contributed by atoms with Crippen molar-refractivity contribution in [1.29, 1.82) is 0 Å². The first-order valence-electron chi connectivity index (χ1n) is 4.01. The molecule has 0 atom stereocenters. The van der Waals surface area contributed by atoms with Gasteiger partial charge in [0.15, 0.2) is 0 Å². The Balaban J connectivity index is 2.95. The van der Waals surface area contributed by atoms with Crippen molar-refractivity contribution in [3.63, 3.8) is 0 Å². The van der Waals surface area contributed by atoms with E-state index < -0.39 is 0 Å². The summed E-state index contributed by atoms with van der Waals surface area (Å²) < 4.78 is 3.21. The van der Waals surface area contributed by atoms with Crippen LogP contribution in [0.25, 0.3) is 10.9 Å². The molecule has 0 bridgehead atoms. The summed E-state index contributed by atoms with van der Waals surface area (Å²) >= 11 is 9.46. The Morgan fingerprint density at radius 1 is 1.38 bits per heavy atom. The van der Waals surface area contributed by atoms with Crippen LogP contribution in [0, 0.1) is 6.92 Å². The number of rotatable bonds is 0. The quantitative estimate of drug-likeness (QED) is 0.675. The van der Waals surface area contributed by atoms with Crippen molar-refractivity contribution in [2.45, 2.75) is 6.92 Å². The lowest BCUT2D eigenvalue weighted by molar-refractivity contribution is 0.934. The third-order valence-corrected chi connectivity index (χ3v) is 3.69. The van der Waals surface area contributed by atoms with Crippen molar-refractivity contribution < 1.29 is 0 Å². The van der Waals surface area contributed by atoms with Gasteiger partial charge in [-0.2, -0.15) is 0 Å². The van der Waals surface area contributed by atoms with E-state index in [0.29, 0.717) is 0 Å². The standard InChI is InChI=1S/C10H9BrClN/c1-6-8-4-3-7(12)5-9(8)13(2)10(6)11/h3-5H,1-2H3. The molecule has 0 aliphatic carbocycles. The Labute approximate surface area is 90.4 Å². The minimum absolute atomic E-state index is 0.778. The van der Waals surface area contributed by atoms with E-state index in [9.17, 15) is 0 Å². The molecule has 1 aromatic heterocycles. The van der Waals surface area contributed by atoms with Gasteiger partial charge in [0.1, 0.15) is 0 Å². The zero-order valence-corrected chi connectivity index (χ0v) is 9.78. The van der Waals surface area contributed by atoms with Crippen LogP contribution in [0.1, 0.15) is 5.56 Å². The molecule has 0 radical (unpaired) electrons. The first kappa shape index (κ1) is 9.10. The van der Waals surface area contributed by atoms with Gasteiger partial charge >= 0.3 is 0 Å². The molecule has 13 heavy (non-hydrogen) atoms. The molecular formula is C10H9BrClN. The lowest BCUT2D eigenvalue weighted by atomic mass is 10.2. The molecule has 0 saturated carbocycles. The molecule has 2 aromatic rings. The van der Waals surface area contributed by atoms with Crippen molar-refractivity contribution >= 4 is 38.4 Å². The Kier molecular flexibility index (Phi) is 2.12. The topological polar surface area (TPSA) is 4.93 Å². The van der Waals surface area contributed by atoms with Crippen LogP contribution in [0.3, 0.4) is 0 Å². The highest BCUT2D eigenvalue weighted by Gasteiger charge is 2.08. The van der Waals surface area contributed by atoms with Crippen molar-refractivity contribution in [2.75, 3.05) is 0 Å². The third kappa shape index (κ3) is 1.29. The van der Waals surface area contributed by atoms with Gasteiger partial charge in [-0.15, -0.1) is 0 Å². The number of hydrogen-bond acceptors (Lipinski definition) is 0. The number of halogens is 2. The molecule has 0 fully saturated rings. The predicted molar refractivity (Wildman–Crippen MR) is 60.4 cm³/mol. The lowest BCUT2D eigenvalue weighted by Gasteiger charge is -1.97. The summed E-state index contributed by atoms with van der Waals surface area (Å²) in [6.07, 6.45) is 0. The Morgan fingerprint density at radius 3 is 2.77 bits per heavy atom. The second-order valence-corrected chi connectivity index (χ2v) is 4.32. The molecule has 0 aliphatic rings. The van der Waals surface area contributed by atoms with Crippen molar-refractivity contribution in [3.8, 4) is 0 Å². The molecule has 3 heteroatoms. The number of aryl methyl sites for hydroxylation is 2. The van der Waals surface area contributed by atoms with E-state index in [4.69, 9.17) is 11.6 Å². The smallest absolute Gasteiger partial charge is 0.0884 e. The van der Waals surface area contributed by atoms with Crippen LogP contribution < -0.4 is 0 Å². The number of benzene rings is 1. The monoisotopic (exact) mass is 257 g/mol. The summed E-state index contributed by atoms with van der Waals surface area (Å²) in [6, 6.07) is 5.95. The molecule has 0 saturated heterocycles. The van der Waals surface area contributed by atoms with E-state index in [-0.39, 0.29) is 0 Å². The summed E-state index contributed by atoms with van der Waals surface area (Å²) in [7, 11) is 2.02. The predicted octanol–water partition coefficient (Wildman–Crippen LogP) is 3.90. The second-order valence-electron chi connectivity index (χ2n) is 3.14. The fraction of sp³-hybridized carbons (Fsp3) is 0.200. The van der Waals surface area contributed by atoms with Crippen molar-refractivity contribution in [2.24, 2.45) is 7.05 Å². The lowest BCUT2D eigenvalue weighted by Crippen LogP contribution is -1.86. The summed E-state index contributed by atoms with van der Waals surface area (Å²) in [5, 5.41) is 2.03. The Hall–Kier alpha value is -0.470. The molecule has 0 unspecified atom stereocenters. The second kappa shape index (κ2) is 3.03. The summed E-state index contributed by atoms with van der Waals surface area (Å²) in [4.78, 5) is 0. The van der Waals surface area contributed by atoms with Crippen LogP contribution >= 0.6 is 27.5 Å². The fourth-order valence-corrected chi connectivity index (χ4v) is 2.14. The molecule has 2 rings (SSSR count). The minimum Gasteiger partial charge on any atom is -0.338 e. The van der Waals surface area contributed by atoms with Crippen LogP contribution in [-0.2, 0) is 7.05 Å². The van der Waals surface area contributed by atoms with E-state index in [1.165, 1.54) is 10.9 Å². The maximum absolute atomic E-state index is 5.92. The number of fused-ring (bicyclic) bond motifs is 1. The van der Waals surface area contributed by atoms with Crippen molar-refractivity contribution in [3.05, 3.63) is 33.4 Å². The zero-order valence-electron chi connectivity index (χ0n) is 7.44. The molecule has 0 aliphatic heterocycles. The molecule has 0 N–H and O–H groups in total. The van der Waals surface area contributed by atoms with E-state index in [0.717, 1.165) is 15.1 Å². The van der Waals surface area contributed by atoms with Gasteiger partial charge in [-0.05, 0) is 40.5 Å². The van der Waals surface area contributed by atoms with Gasteiger partial charge in [0, 0.05) is 17.5 Å². The van der Waals surface area contributed by atoms with Gasteiger partial charge in [0.25, 0.3) is 0 Å². The number of aromatic nitrogens is 1. The molecule has 1 nitrogen and oxygen atoms in total. The van der Waals surface area contributed by atoms with E-state index in [1.54, 1.807) is 0 Å². The summed E-state index contributed by atoms with van der Waals surface area (Å²) in [5.41, 5.74) is 2.42. The van der Waals surface area contributed by atoms with Gasteiger partial charge in [-0.1, -0.05) is 17.7 Å². The minimum atomic E-state index is 0.778. The van der Waals surface area contributed by atoms with Gasteiger partial charge in [-0.25, -0.2) is 0 Å². The molecule has 1 aromatic carbocycles. The number of nitrogens with zero attached hydrogens (tertiary/aromatic N) is 1. The van der Waals surface area contributed by atoms with E-state index >= 15 is 0 Å². The van der Waals surface area contributed by atoms with E-state index in [1.807, 2.05) is 19.2 Å². The SMILES string of the molecule is Cc1c(Br)n(C)c2cc(Cl)ccc12. The maximum atomic E-state index is 5.92. The highest BCUT2D eigenvalue weighted by molar-refractivity contribution is 9.10. The largest absolute Gasteiger partial charge is 0.338 e. The fourth-order valence-electron chi connectivity index (χ4n) is 1.57. The van der Waals surface area contributed by atoms with Crippen LogP contribution in [0.5, 0.6) is 0 Å². The van der Waals surface area contributed by atoms with Crippen LogP contribution in [-0.4, -0.2) is 4.57 Å². The molecule has 0 spiro atoms. The van der Waals surface area contributed by atoms with Crippen LogP contribution in [0.4, 0.5) is 0 Å². The van der Waals surface area contributed by atoms with E-state index in [2.05, 4.69) is 33.5 Å². The van der Waals surface area contributed by atoms with Crippen molar-refractivity contribution in [1.82, 2.24) is 4.57 Å². The van der Waals surface area contributed by atoms with Crippen LogP contribution in [0.15, 0.2) is 22.8 Å². The normalized spacial score (nSPS) is 11.1. The van der Waals surface area contributed by atoms with Gasteiger partial charge in [0.2, 0.25) is 0 Å². The van der Waals surface area contributed by atoms with Gasteiger partial charge in [-0.3, -0.25) is 0 Å². The van der Waals surface area contributed by atoms with Crippen LogP contribution in [0.2, 0.25) is 5.02 Å². The Morgan fingerprint density at radius 2 is 2.08 bits per heavy atom. The molecular weight excluding hydrogens is 249 g/mol. The average molecular weight is 259 g/mol. The maximum Gasteiger partial charge on any atom is 0.0884 e. The molecule has 0 amide bonds. The van der Waals surface area contributed by atoms with Gasteiger partial charge in [0.05, 0.1) is 10.1 Å². The molecule has 1 heterocycles. The highest BCUT2D eigenvalue weighted by atomic mass is 79.9. The Bertz CT molecular complexity index is 473. The number of hydrogen-bond donors (Lipinski definition) is 0.